The van der Waals surface area contributed by atoms with Crippen LogP contribution in [-0.4, -0.2) is 51.8 Å². The summed E-state index contributed by atoms with van der Waals surface area (Å²) in [4.78, 5) is 39.0. The predicted octanol–water partition coefficient (Wildman–Crippen LogP) is 5.58. The minimum Gasteiger partial charge on any atom is -0.490 e. The number of para-hydroxylation sites is 1. The number of rotatable bonds is 11. The third-order valence-electron chi connectivity index (χ3n) is 6.43. The highest BCUT2D eigenvalue weighted by Gasteiger charge is 2.18. The number of nitro groups is 1. The van der Waals surface area contributed by atoms with Crippen LogP contribution in [0.25, 0.3) is 0 Å². The van der Waals surface area contributed by atoms with Gasteiger partial charge in [-0.15, -0.1) is 0 Å². The van der Waals surface area contributed by atoms with E-state index >= 15 is 0 Å². The van der Waals surface area contributed by atoms with E-state index in [9.17, 15) is 14.9 Å². The number of carbonyl (C=O) groups is 1. The maximum Gasteiger partial charge on any atom is 0.343 e. The molecule has 0 saturated carbocycles. The number of nitro benzene ring substituents is 1. The van der Waals surface area contributed by atoms with Gasteiger partial charge < -0.3 is 19.7 Å². The van der Waals surface area contributed by atoms with Crippen molar-refractivity contribution in [2.24, 2.45) is 5.10 Å². The highest BCUT2D eigenvalue weighted by Crippen LogP contribution is 2.29. The van der Waals surface area contributed by atoms with Gasteiger partial charge in [0.15, 0.2) is 11.5 Å². The van der Waals surface area contributed by atoms with Crippen LogP contribution in [0.5, 0.6) is 11.5 Å². The number of non-ortho nitro benzene ring substituents is 1. The van der Waals surface area contributed by atoms with Gasteiger partial charge in [0.2, 0.25) is 17.8 Å². The number of aromatic nitrogens is 3. The summed E-state index contributed by atoms with van der Waals surface area (Å²) in [5, 5.41) is 18.6. The largest absolute Gasteiger partial charge is 0.490 e. The first-order chi connectivity index (χ1) is 21.0. The zero-order valence-corrected chi connectivity index (χ0v) is 23.5. The van der Waals surface area contributed by atoms with E-state index in [-0.39, 0.29) is 22.9 Å². The highest BCUT2D eigenvalue weighted by molar-refractivity contribution is 5.92. The number of esters is 1. The third-order valence-corrected chi connectivity index (χ3v) is 6.43. The van der Waals surface area contributed by atoms with Crippen molar-refractivity contribution in [3.05, 3.63) is 94.0 Å². The van der Waals surface area contributed by atoms with Crippen molar-refractivity contribution in [3.8, 4) is 11.5 Å². The summed E-state index contributed by atoms with van der Waals surface area (Å²) >= 11 is 0. The number of carbonyl (C=O) groups excluding carboxylic acids is 1. The summed E-state index contributed by atoms with van der Waals surface area (Å²) in [6.07, 6.45) is 4.89. The summed E-state index contributed by atoms with van der Waals surface area (Å²) in [5.41, 5.74) is 4.24. The van der Waals surface area contributed by atoms with Gasteiger partial charge in [0.25, 0.3) is 5.69 Å². The maximum absolute atomic E-state index is 12.7. The molecule has 1 aromatic heterocycles. The molecule has 0 amide bonds. The Bertz CT molecular complexity index is 1610. The van der Waals surface area contributed by atoms with E-state index in [2.05, 4.69) is 35.7 Å². The standard InChI is InChI=1S/C30H30N8O5/c1-2-42-26-18-21(14-15-25(26)43-27(39)22-10-9-13-24(19-22)38(40)41)20-31-36-29-33-28(32-23-11-5-3-6-12-23)34-30(35-29)37-16-7-4-8-17-37/h3,5-6,9-15,18-20H,2,4,7-8,16-17H2,1H3,(H2,32,33,34,35,36)/b31-20-. The first-order valence-corrected chi connectivity index (χ1v) is 13.8. The van der Waals surface area contributed by atoms with Gasteiger partial charge in [-0.25, -0.2) is 10.2 Å². The van der Waals surface area contributed by atoms with Crippen molar-refractivity contribution in [1.29, 1.82) is 0 Å². The molecular weight excluding hydrogens is 552 g/mol. The van der Waals surface area contributed by atoms with Crippen LogP contribution in [-0.2, 0) is 0 Å². The normalized spacial score (nSPS) is 13.0. The molecule has 1 saturated heterocycles. The summed E-state index contributed by atoms with van der Waals surface area (Å²) in [6, 6.07) is 19.9. The molecule has 220 valence electrons. The van der Waals surface area contributed by atoms with Crippen LogP contribution in [0.15, 0.2) is 77.9 Å². The molecule has 1 aliphatic rings. The number of piperidine rings is 1. The monoisotopic (exact) mass is 582 g/mol. The van der Waals surface area contributed by atoms with Crippen LogP contribution in [0.2, 0.25) is 0 Å². The number of nitrogens with zero attached hydrogens (tertiary/aromatic N) is 6. The van der Waals surface area contributed by atoms with Crippen molar-refractivity contribution >= 4 is 41.4 Å². The summed E-state index contributed by atoms with van der Waals surface area (Å²) in [5.74, 6) is 0.980. The van der Waals surface area contributed by atoms with Gasteiger partial charge in [-0.1, -0.05) is 24.3 Å². The highest BCUT2D eigenvalue weighted by atomic mass is 16.6. The fraction of sp³-hybridized carbons (Fsp3) is 0.233. The minimum atomic E-state index is -0.744. The Balaban J connectivity index is 1.32. The van der Waals surface area contributed by atoms with E-state index < -0.39 is 10.9 Å². The van der Waals surface area contributed by atoms with Crippen LogP contribution in [0.3, 0.4) is 0 Å². The summed E-state index contributed by atoms with van der Waals surface area (Å²) < 4.78 is 11.2. The number of ether oxygens (including phenoxy) is 2. The molecule has 13 nitrogen and oxygen atoms in total. The molecule has 0 spiro atoms. The van der Waals surface area contributed by atoms with Crippen molar-refractivity contribution in [2.45, 2.75) is 26.2 Å². The molecule has 3 aromatic carbocycles. The van der Waals surface area contributed by atoms with Crippen LogP contribution in [0.1, 0.15) is 42.1 Å². The lowest BCUT2D eigenvalue weighted by Gasteiger charge is -2.26. The molecule has 0 aliphatic carbocycles. The molecule has 0 unspecified atom stereocenters. The van der Waals surface area contributed by atoms with Crippen molar-refractivity contribution < 1.29 is 19.2 Å². The lowest BCUT2D eigenvalue weighted by Crippen LogP contribution is -2.31. The fourth-order valence-corrected chi connectivity index (χ4v) is 4.38. The van der Waals surface area contributed by atoms with Gasteiger partial charge in [0.05, 0.1) is 23.3 Å². The molecule has 0 atom stereocenters. The van der Waals surface area contributed by atoms with E-state index in [4.69, 9.17) is 9.47 Å². The number of hydrogen-bond donors (Lipinski definition) is 2. The van der Waals surface area contributed by atoms with Crippen molar-refractivity contribution in [1.82, 2.24) is 15.0 Å². The van der Waals surface area contributed by atoms with E-state index in [0.29, 0.717) is 29.8 Å². The van der Waals surface area contributed by atoms with Gasteiger partial charge >= 0.3 is 5.97 Å². The second-order valence-corrected chi connectivity index (χ2v) is 9.53. The maximum atomic E-state index is 12.7. The molecule has 0 radical (unpaired) electrons. The Morgan fingerprint density at radius 1 is 0.977 bits per heavy atom. The van der Waals surface area contributed by atoms with Crippen LogP contribution < -0.4 is 25.1 Å². The van der Waals surface area contributed by atoms with Gasteiger partial charge in [-0.2, -0.15) is 20.1 Å². The smallest absolute Gasteiger partial charge is 0.343 e. The first kappa shape index (κ1) is 28.9. The van der Waals surface area contributed by atoms with Gasteiger partial charge in [0, 0.05) is 30.9 Å². The van der Waals surface area contributed by atoms with Crippen LogP contribution in [0, 0.1) is 10.1 Å². The topological polar surface area (TPSA) is 157 Å². The van der Waals surface area contributed by atoms with Crippen molar-refractivity contribution in [2.75, 3.05) is 35.3 Å². The van der Waals surface area contributed by atoms with Crippen molar-refractivity contribution in [3.63, 3.8) is 0 Å². The van der Waals surface area contributed by atoms with E-state index in [0.717, 1.165) is 37.7 Å². The summed E-state index contributed by atoms with van der Waals surface area (Å²) in [7, 11) is 0. The quantitative estimate of drug-likeness (QED) is 0.0748. The first-order valence-electron chi connectivity index (χ1n) is 13.8. The molecule has 2 N–H and O–H groups in total. The number of nitrogens with one attached hydrogen (secondary N) is 2. The average molecular weight is 583 g/mol. The molecule has 0 bridgehead atoms. The molecular formula is C30H30N8O5. The molecule has 5 rings (SSSR count). The van der Waals surface area contributed by atoms with Crippen LogP contribution in [0.4, 0.5) is 29.2 Å². The number of anilines is 4. The molecule has 2 heterocycles. The second-order valence-electron chi connectivity index (χ2n) is 9.53. The van der Waals surface area contributed by atoms with Crippen LogP contribution >= 0.6 is 0 Å². The number of hydrogen-bond acceptors (Lipinski definition) is 12. The third kappa shape index (κ3) is 7.79. The molecule has 1 aliphatic heterocycles. The van der Waals surface area contributed by atoms with E-state index in [1.54, 1.807) is 31.3 Å². The molecule has 1 fully saturated rings. The Morgan fingerprint density at radius 2 is 1.77 bits per heavy atom. The van der Waals surface area contributed by atoms with E-state index in [1.807, 2.05) is 30.3 Å². The Labute approximate surface area is 247 Å². The second kappa shape index (κ2) is 13.9. The minimum absolute atomic E-state index is 0.0499. The Morgan fingerprint density at radius 3 is 2.53 bits per heavy atom. The zero-order chi connectivity index (χ0) is 30.0. The van der Waals surface area contributed by atoms with Gasteiger partial charge in [-0.3, -0.25) is 10.1 Å². The number of hydrazone groups is 1. The fourth-order valence-electron chi connectivity index (χ4n) is 4.38. The Kier molecular flexibility index (Phi) is 9.32. The Hall–Kier alpha value is -5.59. The predicted molar refractivity (Wildman–Crippen MR) is 162 cm³/mol. The van der Waals surface area contributed by atoms with Gasteiger partial charge in [-0.05, 0) is 68.1 Å². The SMILES string of the molecule is CCOc1cc(/C=N\Nc2nc(Nc3ccccc3)nc(N3CCCCC3)n2)ccc1OC(=O)c1cccc([N+](=O)[O-])c1. The lowest BCUT2D eigenvalue weighted by atomic mass is 10.1. The number of benzene rings is 3. The molecule has 4 aromatic rings. The summed E-state index contributed by atoms with van der Waals surface area (Å²) in [6.45, 7) is 3.86. The molecule has 13 heteroatoms. The van der Waals surface area contributed by atoms with E-state index in [1.165, 1.54) is 24.6 Å². The van der Waals surface area contributed by atoms with Gasteiger partial charge in [0.1, 0.15) is 0 Å². The molecule has 43 heavy (non-hydrogen) atoms. The zero-order valence-electron chi connectivity index (χ0n) is 23.5. The average Bonchev–Trinajstić information content (AvgIpc) is 3.03. The lowest BCUT2D eigenvalue weighted by molar-refractivity contribution is -0.384.